The van der Waals surface area contributed by atoms with Crippen LogP contribution in [0.2, 0.25) is 0 Å². The predicted molar refractivity (Wildman–Crippen MR) is 33.7 cm³/mol. The van der Waals surface area contributed by atoms with Crippen LogP contribution in [-0.2, 0) is 0 Å². The van der Waals surface area contributed by atoms with E-state index in [1.807, 2.05) is 6.92 Å². The number of carboxylic acid groups (broad SMARTS) is 1. The molecule has 0 bridgehead atoms. The summed E-state index contributed by atoms with van der Waals surface area (Å²) in [7, 11) is 2.20. The van der Waals surface area contributed by atoms with E-state index in [4.69, 9.17) is 5.11 Å². The van der Waals surface area contributed by atoms with Crippen LogP contribution in [0.25, 0.3) is 0 Å². The quantitative estimate of drug-likeness (QED) is 0.593. The van der Waals surface area contributed by atoms with E-state index in [0.29, 0.717) is 0 Å². The molecule has 0 atom stereocenters. The first-order chi connectivity index (χ1) is 3.27. The zero-order chi connectivity index (χ0) is 5.70. The van der Waals surface area contributed by atoms with Crippen molar-refractivity contribution in [1.29, 1.82) is 0 Å². The lowest BCUT2D eigenvalue weighted by Crippen LogP contribution is -1.76. The van der Waals surface area contributed by atoms with Gasteiger partial charge in [-0.3, -0.25) is 0 Å². The van der Waals surface area contributed by atoms with Crippen LogP contribution in [0.4, 0.5) is 4.79 Å². The second kappa shape index (κ2) is 4.33. The molecule has 0 fully saturated rings. The van der Waals surface area contributed by atoms with Gasteiger partial charge in [0.1, 0.15) is 0 Å². The van der Waals surface area contributed by atoms with Crippen molar-refractivity contribution in [1.82, 2.24) is 0 Å². The molecule has 0 unspecified atom stereocenters. The largest absolute Gasteiger partial charge is 0.473 e. The Labute approximate surface area is 50.1 Å². The molecule has 0 aliphatic rings. The number of rotatable bonds is 2. The fourth-order valence-electron chi connectivity index (χ4n) is 0.109. The molecular weight excluding hydrogens is 132 g/mol. The molecule has 0 rings (SSSR count). The van der Waals surface area contributed by atoms with Crippen LogP contribution in [0.15, 0.2) is 0 Å². The van der Waals surface area contributed by atoms with E-state index in [9.17, 15) is 4.79 Å². The van der Waals surface area contributed by atoms with Crippen molar-refractivity contribution in [2.24, 2.45) is 0 Å². The third-order valence-electron chi connectivity index (χ3n) is 0.248. The Kier molecular flexibility index (Phi) is 4.44. The minimum absolute atomic E-state index is 0.813. The van der Waals surface area contributed by atoms with Crippen LogP contribution >= 0.6 is 21.6 Å². The van der Waals surface area contributed by atoms with Gasteiger partial charge in [-0.15, -0.1) is 0 Å². The molecular formula is C3H6O2S2. The standard InChI is InChI=1S/C3H6O2S2/c1-2-6-7-3(4)5/h2H2,1H3,(H,4,5). The smallest absolute Gasteiger partial charge is 0.375 e. The van der Waals surface area contributed by atoms with E-state index < -0.39 is 5.30 Å². The fraction of sp³-hybridized carbons (Fsp3) is 0.667. The highest BCUT2D eigenvalue weighted by molar-refractivity contribution is 8.82. The van der Waals surface area contributed by atoms with Crippen molar-refractivity contribution in [3.63, 3.8) is 0 Å². The van der Waals surface area contributed by atoms with Gasteiger partial charge in [0.05, 0.1) is 0 Å². The van der Waals surface area contributed by atoms with Crippen molar-refractivity contribution in [2.75, 3.05) is 5.75 Å². The van der Waals surface area contributed by atoms with Gasteiger partial charge < -0.3 is 5.11 Å². The maximum atomic E-state index is 9.70. The zero-order valence-corrected chi connectivity index (χ0v) is 5.51. The van der Waals surface area contributed by atoms with Gasteiger partial charge in [-0.25, -0.2) is 4.79 Å². The second-order valence-corrected chi connectivity index (χ2v) is 3.29. The van der Waals surface area contributed by atoms with E-state index in [2.05, 4.69) is 0 Å². The van der Waals surface area contributed by atoms with Gasteiger partial charge >= 0.3 is 5.30 Å². The molecule has 2 nitrogen and oxygen atoms in total. The molecule has 0 aromatic carbocycles. The highest BCUT2D eigenvalue weighted by Crippen LogP contribution is 2.19. The van der Waals surface area contributed by atoms with Crippen LogP contribution in [-0.4, -0.2) is 16.2 Å². The summed E-state index contributed by atoms with van der Waals surface area (Å²) in [6.45, 7) is 1.92. The van der Waals surface area contributed by atoms with Crippen LogP contribution in [0.1, 0.15) is 6.92 Å². The van der Waals surface area contributed by atoms with Gasteiger partial charge in [0.25, 0.3) is 0 Å². The lowest BCUT2D eigenvalue weighted by molar-refractivity contribution is 0.222. The minimum Gasteiger partial charge on any atom is -0.473 e. The topological polar surface area (TPSA) is 37.3 Å². The summed E-state index contributed by atoms with van der Waals surface area (Å²) in [4.78, 5) is 9.70. The summed E-state index contributed by atoms with van der Waals surface area (Å²) in [6.07, 6.45) is 0. The summed E-state index contributed by atoms with van der Waals surface area (Å²) in [6, 6.07) is 0. The molecule has 0 spiro atoms. The normalized spacial score (nSPS) is 8.71. The van der Waals surface area contributed by atoms with Crippen molar-refractivity contribution < 1.29 is 9.90 Å². The molecule has 7 heavy (non-hydrogen) atoms. The summed E-state index contributed by atoms with van der Waals surface area (Å²) < 4.78 is 0. The minimum atomic E-state index is -0.813. The highest BCUT2D eigenvalue weighted by atomic mass is 33.1. The number of hydrogen-bond donors (Lipinski definition) is 1. The maximum Gasteiger partial charge on any atom is 0.375 e. The molecule has 0 saturated carbocycles. The summed E-state index contributed by atoms with van der Waals surface area (Å²) in [5, 5.41) is 7.17. The molecule has 0 amide bonds. The second-order valence-electron chi connectivity index (χ2n) is 0.756. The van der Waals surface area contributed by atoms with Crippen LogP contribution in [0.3, 0.4) is 0 Å². The maximum absolute atomic E-state index is 9.70. The molecule has 0 aliphatic carbocycles. The Morgan fingerprint density at radius 3 is 2.57 bits per heavy atom. The van der Waals surface area contributed by atoms with Gasteiger partial charge in [-0.05, 0) is 0 Å². The van der Waals surface area contributed by atoms with Crippen LogP contribution < -0.4 is 0 Å². The molecule has 0 heterocycles. The number of carbonyl (C=O) groups is 1. The summed E-state index contributed by atoms with van der Waals surface area (Å²) >= 11 is 0. The summed E-state index contributed by atoms with van der Waals surface area (Å²) in [5.41, 5.74) is 0. The van der Waals surface area contributed by atoms with Crippen molar-refractivity contribution >= 4 is 26.9 Å². The molecule has 1 N–H and O–H groups in total. The Hall–Kier alpha value is 0.170. The average molecular weight is 138 g/mol. The molecule has 4 heteroatoms. The van der Waals surface area contributed by atoms with Crippen molar-refractivity contribution in [3.05, 3.63) is 0 Å². The summed E-state index contributed by atoms with van der Waals surface area (Å²) in [5.74, 6) is 0.844. The van der Waals surface area contributed by atoms with E-state index in [1.54, 1.807) is 0 Å². The lowest BCUT2D eigenvalue weighted by Gasteiger charge is -1.84. The molecule has 0 saturated heterocycles. The van der Waals surface area contributed by atoms with Crippen molar-refractivity contribution in [2.45, 2.75) is 6.92 Å². The highest BCUT2D eigenvalue weighted by Gasteiger charge is 1.92. The zero-order valence-electron chi connectivity index (χ0n) is 3.88. The van der Waals surface area contributed by atoms with Gasteiger partial charge in [0, 0.05) is 16.5 Å². The van der Waals surface area contributed by atoms with Gasteiger partial charge in [-0.1, -0.05) is 17.7 Å². The van der Waals surface area contributed by atoms with Crippen LogP contribution in [0.5, 0.6) is 0 Å². The monoisotopic (exact) mass is 138 g/mol. The Morgan fingerprint density at radius 2 is 2.43 bits per heavy atom. The SMILES string of the molecule is CCSSC(=O)O. The van der Waals surface area contributed by atoms with Gasteiger partial charge in [-0.2, -0.15) is 0 Å². The molecule has 0 aromatic rings. The first kappa shape index (κ1) is 7.17. The molecule has 0 aliphatic heterocycles. The van der Waals surface area contributed by atoms with E-state index in [0.717, 1.165) is 16.5 Å². The Morgan fingerprint density at radius 1 is 1.86 bits per heavy atom. The first-order valence-corrected chi connectivity index (χ1v) is 4.11. The fourth-order valence-corrected chi connectivity index (χ4v) is 0.984. The predicted octanol–water partition coefficient (Wildman–Crippen LogP) is 2.07. The molecule has 0 radical (unpaired) electrons. The average Bonchev–Trinajstić information content (AvgIpc) is 1.61. The Bertz CT molecular complexity index is 64.0. The van der Waals surface area contributed by atoms with Gasteiger partial charge in [0.2, 0.25) is 0 Å². The molecule has 42 valence electrons. The van der Waals surface area contributed by atoms with E-state index in [-0.39, 0.29) is 0 Å². The first-order valence-electron chi connectivity index (χ1n) is 1.79. The third-order valence-corrected chi connectivity index (χ3v) is 2.23. The Balaban J connectivity index is 2.82. The third kappa shape index (κ3) is 6.17. The van der Waals surface area contributed by atoms with E-state index in [1.165, 1.54) is 10.8 Å². The number of hydrogen-bond acceptors (Lipinski definition) is 3. The molecule has 0 aromatic heterocycles. The lowest BCUT2D eigenvalue weighted by atomic mass is 11.0. The van der Waals surface area contributed by atoms with E-state index >= 15 is 0 Å². The van der Waals surface area contributed by atoms with Crippen LogP contribution in [0, 0.1) is 0 Å². The van der Waals surface area contributed by atoms with Crippen molar-refractivity contribution in [3.8, 4) is 0 Å². The van der Waals surface area contributed by atoms with Gasteiger partial charge in [0.15, 0.2) is 0 Å².